The number of hydrogen-bond acceptors (Lipinski definition) is 0. The molecule has 0 radical (unpaired) electrons. The third kappa shape index (κ3) is 1.70. The fourth-order valence-electron chi connectivity index (χ4n) is 6.68. The van der Waals surface area contributed by atoms with Crippen molar-refractivity contribution >= 4 is 0 Å². The number of halogens is 1. The monoisotopic (exact) mass is 276 g/mol. The van der Waals surface area contributed by atoms with Gasteiger partial charge in [-0.1, -0.05) is 31.9 Å². The number of hydrogen-bond donors (Lipinski definition) is 0. The van der Waals surface area contributed by atoms with Gasteiger partial charge in [-0.25, -0.2) is 4.39 Å². The Morgan fingerprint density at radius 3 is 2.70 bits per heavy atom. The Bertz CT molecular complexity index is 439. The molecule has 0 bridgehead atoms. The maximum atomic E-state index is 13.7. The normalized spacial score (nSPS) is 54.6. The van der Waals surface area contributed by atoms with E-state index >= 15 is 0 Å². The summed E-state index contributed by atoms with van der Waals surface area (Å²) < 4.78 is 13.7. The minimum atomic E-state index is -0.657. The lowest BCUT2D eigenvalue weighted by Gasteiger charge is -2.57. The second-order valence-electron chi connectivity index (χ2n) is 8.66. The van der Waals surface area contributed by atoms with Gasteiger partial charge in [-0.2, -0.15) is 0 Å². The molecule has 0 heterocycles. The summed E-state index contributed by atoms with van der Waals surface area (Å²) in [5.41, 5.74) is 2.48. The van der Waals surface area contributed by atoms with E-state index < -0.39 is 6.17 Å². The molecule has 0 aliphatic heterocycles. The zero-order chi connectivity index (χ0) is 14.0. The highest BCUT2D eigenvalue weighted by atomic mass is 19.1. The van der Waals surface area contributed by atoms with Gasteiger partial charge in [-0.05, 0) is 80.0 Å². The van der Waals surface area contributed by atoms with Crippen LogP contribution in [0.1, 0.15) is 71.6 Å². The minimum absolute atomic E-state index is 0.343. The van der Waals surface area contributed by atoms with Crippen molar-refractivity contribution in [3.8, 4) is 0 Å². The van der Waals surface area contributed by atoms with E-state index in [0.717, 1.165) is 30.6 Å². The number of alkyl halides is 1. The molecule has 1 heteroatoms. The Balaban J connectivity index is 1.68. The van der Waals surface area contributed by atoms with Crippen LogP contribution in [0.5, 0.6) is 0 Å². The molecular weight excluding hydrogens is 247 g/mol. The highest BCUT2D eigenvalue weighted by molar-refractivity contribution is 5.25. The summed E-state index contributed by atoms with van der Waals surface area (Å²) in [7, 11) is 0. The molecular formula is C19H29F. The van der Waals surface area contributed by atoms with Gasteiger partial charge in [-0.15, -0.1) is 0 Å². The highest BCUT2D eigenvalue weighted by Crippen LogP contribution is 2.65. The first-order valence-electron chi connectivity index (χ1n) is 8.88. The molecule has 3 saturated carbocycles. The van der Waals surface area contributed by atoms with Crippen LogP contribution < -0.4 is 0 Å². The van der Waals surface area contributed by atoms with Crippen molar-refractivity contribution in [3.63, 3.8) is 0 Å². The summed E-state index contributed by atoms with van der Waals surface area (Å²) in [6, 6.07) is 0. The SMILES string of the molecule is C[C@@]12CCC[C@H]1[C@@H]1CCC3=CC(F)CC[C@]3(C)[C@H]1CC2. The largest absolute Gasteiger partial charge is 0.243 e. The van der Waals surface area contributed by atoms with Crippen LogP contribution in [0.15, 0.2) is 11.6 Å². The Morgan fingerprint density at radius 2 is 1.85 bits per heavy atom. The molecule has 0 saturated heterocycles. The van der Waals surface area contributed by atoms with Gasteiger partial charge in [0.25, 0.3) is 0 Å². The van der Waals surface area contributed by atoms with Gasteiger partial charge in [0.2, 0.25) is 0 Å². The van der Waals surface area contributed by atoms with E-state index in [1.807, 2.05) is 6.08 Å². The first-order chi connectivity index (χ1) is 9.53. The summed E-state index contributed by atoms with van der Waals surface area (Å²) in [6.45, 7) is 5.03. The molecule has 112 valence electrons. The van der Waals surface area contributed by atoms with E-state index in [4.69, 9.17) is 0 Å². The van der Waals surface area contributed by atoms with Crippen LogP contribution in [-0.2, 0) is 0 Å². The number of allylic oxidation sites excluding steroid dienone is 2. The molecule has 0 aromatic heterocycles. The lowest BCUT2D eigenvalue weighted by Crippen LogP contribution is -2.49. The third-order valence-electron chi connectivity index (χ3n) is 7.84. The standard InChI is InChI=1S/C19H29F/c1-18-9-3-4-16(18)15-6-5-13-12-14(20)7-11-19(13,2)17(15)8-10-18/h12,14-17H,3-11H2,1-2H3/t14?,15-,16-,17-,18-,19-/m0/s1. The topological polar surface area (TPSA) is 0 Å². The molecule has 0 aromatic carbocycles. The predicted molar refractivity (Wildman–Crippen MR) is 81.2 cm³/mol. The second kappa shape index (κ2) is 4.34. The predicted octanol–water partition coefficient (Wildman–Crippen LogP) is 5.68. The average molecular weight is 276 g/mol. The van der Waals surface area contributed by atoms with Crippen molar-refractivity contribution in [1.82, 2.24) is 0 Å². The van der Waals surface area contributed by atoms with Crippen LogP contribution >= 0.6 is 0 Å². The molecule has 0 amide bonds. The van der Waals surface area contributed by atoms with Crippen LogP contribution in [0.3, 0.4) is 0 Å². The molecule has 20 heavy (non-hydrogen) atoms. The molecule has 0 N–H and O–H groups in total. The minimum Gasteiger partial charge on any atom is -0.243 e. The van der Waals surface area contributed by atoms with Crippen molar-refractivity contribution < 1.29 is 4.39 Å². The van der Waals surface area contributed by atoms with E-state index in [9.17, 15) is 4.39 Å². The highest BCUT2D eigenvalue weighted by Gasteiger charge is 2.56. The summed E-state index contributed by atoms with van der Waals surface area (Å²) >= 11 is 0. The van der Waals surface area contributed by atoms with E-state index in [-0.39, 0.29) is 0 Å². The molecule has 4 rings (SSSR count). The maximum Gasteiger partial charge on any atom is 0.119 e. The van der Waals surface area contributed by atoms with Crippen LogP contribution in [0, 0.1) is 28.6 Å². The molecule has 4 aliphatic rings. The Morgan fingerprint density at radius 1 is 1.00 bits per heavy atom. The average Bonchev–Trinajstić information content (AvgIpc) is 2.81. The fourth-order valence-corrected chi connectivity index (χ4v) is 6.68. The lowest BCUT2D eigenvalue weighted by molar-refractivity contribution is -0.0387. The van der Waals surface area contributed by atoms with Gasteiger partial charge in [-0.3, -0.25) is 0 Å². The zero-order valence-electron chi connectivity index (χ0n) is 13.1. The first kappa shape index (κ1) is 13.3. The summed E-state index contributed by atoms with van der Waals surface area (Å²) in [5, 5.41) is 0. The smallest absolute Gasteiger partial charge is 0.119 e. The molecule has 0 spiro atoms. The van der Waals surface area contributed by atoms with Crippen molar-refractivity contribution in [1.29, 1.82) is 0 Å². The van der Waals surface area contributed by atoms with Crippen molar-refractivity contribution in [2.75, 3.05) is 0 Å². The lowest BCUT2D eigenvalue weighted by atomic mass is 9.47. The third-order valence-corrected chi connectivity index (χ3v) is 7.84. The summed E-state index contributed by atoms with van der Waals surface area (Å²) in [5.74, 6) is 2.77. The first-order valence-corrected chi connectivity index (χ1v) is 8.88. The summed E-state index contributed by atoms with van der Waals surface area (Å²) in [6.07, 6.45) is 13.0. The summed E-state index contributed by atoms with van der Waals surface area (Å²) in [4.78, 5) is 0. The van der Waals surface area contributed by atoms with Crippen LogP contribution in [0.2, 0.25) is 0 Å². The van der Waals surface area contributed by atoms with Gasteiger partial charge >= 0.3 is 0 Å². The quantitative estimate of drug-likeness (QED) is 0.499. The van der Waals surface area contributed by atoms with E-state index in [1.54, 1.807) is 0 Å². The Labute approximate surface area is 123 Å². The Kier molecular flexibility index (Phi) is 2.89. The van der Waals surface area contributed by atoms with Gasteiger partial charge < -0.3 is 0 Å². The molecule has 0 aromatic rings. The van der Waals surface area contributed by atoms with Gasteiger partial charge in [0.05, 0.1) is 0 Å². The van der Waals surface area contributed by atoms with Crippen molar-refractivity contribution in [2.45, 2.75) is 77.8 Å². The van der Waals surface area contributed by atoms with Crippen molar-refractivity contribution in [2.24, 2.45) is 28.6 Å². The van der Waals surface area contributed by atoms with E-state index in [0.29, 0.717) is 10.8 Å². The van der Waals surface area contributed by atoms with Gasteiger partial charge in [0.15, 0.2) is 0 Å². The second-order valence-corrected chi connectivity index (χ2v) is 8.66. The van der Waals surface area contributed by atoms with Gasteiger partial charge in [0.1, 0.15) is 6.17 Å². The number of rotatable bonds is 0. The molecule has 3 fully saturated rings. The maximum absolute atomic E-state index is 13.7. The van der Waals surface area contributed by atoms with Crippen molar-refractivity contribution in [3.05, 3.63) is 11.6 Å². The molecule has 6 atom stereocenters. The van der Waals surface area contributed by atoms with Crippen LogP contribution in [-0.4, -0.2) is 6.17 Å². The Hall–Kier alpha value is -0.330. The molecule has 1 unspecified atom stereocenters. The van der Waals surface area contributed by atoms with E-state index in [1.165, 1.54) is 50.5 Å². The van der Waals surface area contributed by atoms with E-state index in [2.05, 4.69) is 13.8 Å². The zero-order valence-corrected chi connectivity index (χ0v) is 13.1. The van der Waals surface area contributed by atoms with Crippen LogP contribution in [0.25, 0.3) is 0 Å². The van der Waals surface area contributed by atoms with Crippen LogP contribution in [0.4, 0.5) is 4.39 Å². The van der Waals surface area contributed by atoms with Gasteiger partial charge in [0, 0.05) is 0 Å². The number of fused-ring (bicyclic) bond motifs is 5. The molecule has 0 nitrogen and oxygen atoms in total. The molecule has 4 aliphatic carbocycles. The fraction of sp³-hybridized carbons (Fsp3) is 0.895.